The number of amides is 1. The number of aromatic nitrogens is 1. The molecule has 0 fully saturated rings. The van der Waals surface area contributed by atoms with Crippen LogP contribution in [0.25, 0.3) is 0 Å². The Hall–Kier alpha value is -1.95. The summed E-state index contributed by atoms with van der Waals surface area (Å²) in [6.07, 6.45) is 1.27. The molecule has 0 aliphatic carbocycles. The zero-order valence-electron chi connectivity index (χ0n) is 8.06. The van der Waals surface area contributed by atoms with Gasteiger partial charge in [0.1, 0.15) is 12.3 Å². The maximum absolute atomic E-state index is 11.1. The van der Waals surface area contributed by atoms with E-state index in [1.54, 1.807) is 0 Å². The van der Waals surface area contributed by atoms with Crippen molar-refractivity contribution in [1.29, 1.82) is 0 Å². The number of aromatic carboxylic acids is 1. The van der Waals surface area contributed by atoms with Crippen molar-refractivity contribution in [3.8, 4) is 0 Å². The summed E-state index contributed by atoms with van der Waals surface area (Å²) in [5.41, 5.74) is 0.363. The van der Waals surface area contributed by atoms with Crippen molar-refractivity contribution < 1.29 is 19.4 Å². The number of hydrogen-bond donors (Lipinski definition) is 2. The second kappa shape index (κ2) is 5.06. The van der Waals surface area contributed by atoms with Crippen molar-refractivity contribution >= 4 is 17.6 Å². The highest BCUT2D eigenvalue weighted by atomic mass is 16.5. The molecule has 0 aliphatic heterocycles. The van der Waals surface area contributed by atoms with E-state index in [2.05, 4.69) is 15.0 Å². The average molecular weight is 210 g/mol. The van der Waals surface area contributed by atoms with Gasteiger partial charge in [0.25, 0.3) is 0 Å². The van der Waals surface area contributed by atoms with E-state index in [9.17, 15) is 9.59 Å². The molecule has 0 saturated carbocycles. The highest BCUT2D eigenvalue weighted by Gasteiger charge is 2.05. The first kappa shape index (κ1) is 11.1. The van der Waals surface area contributed by atoms with Gasteiger partial charge in [-0.1, -0.05) is 0 Å². The fourth-order valence-corrected chi connectivity index (χ4v) is 0.922. The van der Waals surface area contributed by atoms with Gasteiger partial charge in [0.2, 0.25) is 5.91 Å². The van der Waals surface area contributed by atoms with Gasteiger partial charge in [0, 0.05) is 7.11 Å². The number of ether oxygens (including phenoxy) is 1. The second-order valence-corrected chi connectivity index (χ2v) is 2.72. The lowest BCUT2D eigenvalue weighted by atomic mass is 10.3. The summed E-state index contributed by atoms with van der Waals surface area (Å²) < 4.78 is 4.61. The Labute approximate surface area is 85.9 Å². The van der Waals surface area contributed by atoms with E-state index >= 15 is 0 Å². The number of carbonyl (C=O) groups is 2. The molecule has 2 N–H and O–H groups in total. The van der Waals surface area contributed by atoms with Crippen LogP contribution in [0.4, 0.5) is 5.69 Å². The van der Waals surface area contributed by atoms with Crippen LogP contribution in [0.3, 0.4) is 0 Å². The first-order chi connectivity index (χ1) is 7.13. The largest absolute Gasteiger partial charge is 0.477 e. The number of nitrogens with one attached hydrogen (secondary N) is 1. The maximum atomic E-state index is 11.1. The molecule has 0 unspecified atom stereocenters. The monoisotopic (exact) mass is 210 g/mol. The number of carboxylic acid groups (broad SMARTS) is 1. The van der Waals surface area contributed by atoms with Crippen LogP contribution in [0.5, 0.6) is 0 Å². The molecule has 1 heterocycles. The van der Waals surface area contributed by atoms with Crippen LogP contribution >= 0.6 is 0 Å². The van der Waals surface area contributed by atoms with E-state index in [4.69, 9.17) is 5.11 Å². The minimum absolute atomic E-state index is 0.0549. The highest BCUT2D eigenvalue weighted by molar-refractivity contribution is 5.92. The molecule has 0 saturated heterocycles. The standard InChI is InChI=1S/C9H10N2O4/c1-15-5-8(12)11-6-2-3-7(9(13)14)10-4-6/h2-4H,5H2,1H3,(H,11,12)(H,13,14). The molecule has 80 valence electrons. The number of carbonyl (C=O) groups excluding carboxylic acids is 1. The summed E-state index contributed by atoms with van der Waals surface area (Å²) >= 11 is 0. The Morgan fingerprint density at radius 2 is 2.27 bits per heavy atom. The molecular weight excluding hydrogens is 200 g/mol. The Kier molecular flexibility index (Phi) is 3.75. The van der Waals surface area contributed by atoms with E-state index < -0.39 is 5.97 Å². The Morgan fingerprint density at radius 3 is 2.73 bits per heavy atom. The number of pyridine rings is 1. The fraction of sp³-hybridized carbons (Fsp3) is 0.222. The number of methoxy groups -OCH3 is 1. The van der Waals surface area contributed by atoms with E-state index in [1.165, 1.54) is 25.4 Å². The molecular formula is C9H10N2O4. The van der Waals surface area contributed by atoms with Gasteiger partial charge < -0.3 is 15.2 Å². The Bertz CT molecular complexity index is 361. The van der Waals surface area contributed by atoms with Crippen LogP contribution in [0, 0.1) is 0 Å². The molecule has 1 aromatic heterocycles. The zero-order valence-corrected chi connectivity index (χ0v) is 8.06. The molecule has 0 spiro atoms. The third-order valence-corrected chi connectivity index (χ3v) is 1.54. The number of nitrogens with zero attached hydrogens (tertiary/aromatic N) is 1. The first-order valence-electron chi connectivity index (χ1n) is 4.11. The highest BCUT2D eigenvalue weighted by Crippen LogP contribution is 2.05. The molecule has 0 atom stereocenters. The van der Waals surface area contributed by atoms with Crippen molar-refractivity contribution in [2.24, 2.45) is 0 Å². The van der Waals surface area contributed by atoms with Crippen LogP contribution in [0.1, 0.15) is 10.5 Å². The van der Waals surface area contributed by atoms with E-state index in [0.29, 0.717) is 5.69 Å². The lowest BCUT2D eigenvalue weighted by molar-refractivity contribution is -0.119. The van der Waals surface area contributed by atoms with Gasteiger partial charge in [-0.15, -0.1) is 0 Å². The SMILES string of the molecule is COCC(=O)Nc1ccc(C(=O)O)nc1. The van der Waals surface area contributed by atoms with Gasteiger partial charge in [-0.25, -0.2) is 9.78 Å². The smallest absolute Gasteiger partial charge is 0.354 e. The summed E-state index contributed by atoms with van der Waals surface area (Å²) in [5.74, 6) is -1.42. The van der Waals surface area contributed by atoms with E-state index in [1.807, 2.05) is 0 Å². The second-order valence-electron chi connectivity index (χ2n) is 2.72. The fourth-order valence-electron chi connectivity index (χ4n) is 0.922. The van der Waals surface area contributed by atoms with Crippen molar-refractivity contribution in [3.63, 3.8) is 0 Å². The van der Waals surface area contributed by atoms with Crippen molar-refractivity contribution in [1.82, 2.24) is 4.98 Å². The van der Waals surface area contributed by atoms with Gasteiger partial charge in [-0.2, -0.15) is 0 Å². The molecule has 6 nitrogen and oxygen atoms in total. The van der Waals surface area contributed by atoms with E-state index in [-0.39, 0.29) is 18.2 Å². The first-order valence-corrected chi connectivity index (χ1v) is 4.11. The van der Waals surface area contributed by atoms with Gasteiger partial charge >= 0.3 is 5.97 Å². The van der Waals surface area contributed by atoms with Gasteiger partial charge in [-0.05, 0) is 12.1 Å². The van der Waals surface area contributed by atoms with Crippen LogP contribution in [-0.2, 0) is 9.53 Å². The summed E-state index contributed by atoms with van der Waals surface area (Å²) in [6, 6.07) is 2.77. The zero-order chi connectivity index (χ0) is 11.3. The molecule has 1 aromatic rings. The van der Waals surface area contributed by atoms with Crippen molar-refractivity contribution in [2.75, 3.05) is 19.0 Å². The van der Waals surface area contributed by atoms with Crippen LogP contribution < -0.4 is 5.32 Å². The maximum Gasteiger partial charge on any atom is 0.354 e. The predicted octanol–water partition coefficient (Wildman–Crippen LogP) is 0.365. The molecule has 0 radical (unpaired) electrons. The van der Waals surface area contributed by atoms with Crippen molar-refractivity contribution in [2.45, 2.75) is 0 Å². The predicted molar refractivity (Wildman–Crippen MR) is 51.7 cm³/mol. The molecule has 1 rings (SSSR count). The Balaban J connectivity index is 2.64. The van der Waals surface area contributed by atoms with Crippen LogP contribution in [0.2, 0.25) is 0 Å². The molecule has 0 bridgehead atoms. The minimum atomic E-state index is -1.11. The minimum Gasteiger partial charge on any atom is -0.477 e. The number of carboxylic acids is 1. The summed E-state index contributed by atoms with van der Waals surface area (Å²) in [5, 5.41) is 11.1. The van der Waals surface area contributed by atoms with Crippen molar-refractivity contribution in [3.05, 3.63) is 24.0 Å². The van der Waals surface area contributed by atoms with Crippen LogP contribution in [0.15, 0.2) is 18.3 Å². The molecule has 0 aliphatic rings. The summed E-state index contributed by atoms with van der Waals surface area (Å²) in [7, 11) is 1.41. The normalized spacial score (nSPS) is 9.67. The van der Waals surface area contributed by atoms with Gasteiger partial charge in [0.15, 0.2) is 0 Å². The van der Waals surface area contributed by atoms with Gasteiger partial charge in [0.05, 0.1) is 11.9 Å². The number of hydrogen-bond acceptors (Lipinski definition) is 4. The number of anilines is 1. The van der Waals surface area contributed by atoms with E-state index in [0.717, 1.165) is 0 Å². The Morgan fingerprint density at radius 1 is 1.53 bits per heavy atom. The van der Waals surface area contributed by atoms with Crippen LogP contribution in [-0.4, -0.2) is 35.7 Å². The average Bonchev–Trinajstić information content (AvgIpc) is 2.18. The molecule has 6 heteroatoms. The third-order valence-electron chi connectivity index (χ3n) is 1.54. The topological polar surface area (TPSA) is 88.5 Å². The molecule has 15 heavy (non-hydrogen) atoms. The lowest BCUT2D eigenvalue weighted by Gasteiger charge is -2.03. The molecule has 0 aromatic carbocycles. The lowest BCUT2D eigenvalue weighted by Crippen LogP contribution is -2.17. The quantitative estimate of drug-likeness (QED) is 0.749. The number of rotatable bonds is 4. The van der Waals surface area contributed by atoms with Gasteiger partial charge in [-0.3, -0.25) is 4.79 Å². The summed E-state index contributed by atoms with van der Waals surface area (Å²) in [4.78, 5) is 25.2. The third kappa shape index (κ3) is 3.35. The molecule has 1 amide bonds. The summed E-state index contributed by atoms with van der Waals surface area (Å²) in [6.45, 7) is -0.0549.